The summed E-state index contributed by atoms with van der Waals surface area (Å²) in [5.74, 6) is -2.16. The molecule has 0 radical (unpaired) electrons. The fraction of sp³-hybridized carbons (Fsp3) is 0.692. The number of nitrogens with zero attached hydrogens (tertiary/aromatic N) is 2. The van der Waals surface area contributed by atoms with Gasteiger partial charge < -0.3 is 25.4 Å². The second-order valence-corrected chi connectivity index (χ2v) is 5.36. The van der Waals surface area contributed by atoms with Crippen molar-refractivity contribution in [3.63, 3.8) is 0 Å². The van der Waals surface area contributed by atoms with Gasteiger partial charge in [0.1, 0.15) is 12.1 Å². The Bertz CT molecular complexity index is 516. The monoisotopic (exact) mass is 311 g/mol. The van der Waals surface area contributed by atoms with Crippen LogP contribution in [0.4, 0.5) is 0 Å². The summed E-state index contributed by atoms with van der Waals surface area (Å²) in [6.45, 7) is 1.39. The van der Waals surface area contributed by atoms with Crippen LogP contribution < -0.4 is 5.32 Å². The van der Waals surface area contributed by atoms with Crippen molar-refractivity contribution < 1.29 is 33.8 Å². The normalized spacial score (nSPS) is 27.5. The predicted molar refractivity (Wildman–Crippen MR) is 71.0 cm³/mol. The highest BCUT2D eigenvalue weighted by Crippen LogP contribution is 2.32. The van der Waals surface area contributed by atoms with Crippen LogP contribution in [0.3, 0.4) is 0 Å². The summed E-state index contributed by atoms with van der Waals surface area (Å²) >= 11 is 0. The van der Waals surface area contributed by atoms with E-state index in [0.717, 1.165) is 0 Å². The summed E-state index contributed by atoms with van der Waals surface area (Å²) in [6.07, 6.45) is -0.268. The second-order valence-electron chi connectivity index (χ2n) is 5.36. The number of ether oxygens (including phenoxy) is 2. The number of amides is 1. The number of carboxylic acids is 1. The largest absolute Gasteiger partial charge is 0.480 e. The van der Waals surface area contributed by atoms with Crippen LogP contribution in [0.25, 0.3) is 5.53 Å². The first-order chi connectivity index (χ1) is 10.5. The van der Waals surface area contributed by atoms with Crippen molar-refractivity contribution in [1.29, 1.82) is 0 Å². The van der Waals surface area contributed by atoms with Gasteiger partial charge in [0.2, 0.25) is 11.7 Å². The molecule has 2 saturated heterocycles. The number of hydrogen-bond acceptors (Lipinski definition) is 5. The number of Topliss-reactive ketones (excluding diaryl/α,β-unsaturated/α-hetero) is 1. The third-order valence-corrected chi connectivity index (χ3v) is 3.88. The number of hydrogen-bond donors (Lipinski definition) is 2. The van der Waals surface area contributed by atoms with Gasteiger partial charge in [0.05, 0.1) is 19.8 Å². The lowest BCUT2D eigenvalue weighted by atomic mass is 9.94. The molecule has 0 bridgehead atoms. The van der Waals surface area contributed by atoms with E-state index in [2.05, 4.69) is 10.1 Å². The van der Waals surface area contributed by atoms with Crippen molar-refractivity contribution in [3.8, 4) is 0 Å². The van der Waals surface area contributed by atoms with Gasteiger partial charge in [-0.15, -0.1) is 0 Å². The van der Waals surface area contributed by atoms with E-state index in [1.54, 1.807) is 0 Å². The molecule has 0 aromatic rings. The molecule has 2 N–H and O–H groups in total. The molecule has 3 unspecified atom stereocenters. The smallest absolute Gasteiger partial charge is 0.326 e. The molecule has 4 atom stereocenters. The van der Waals surface area contributed by atoms with Gasteiger partial charge in [-0.05, 0) is 6.42 Å². The molecular formula is C13H17N3O6. The first-order valence-corrected chi connectivity index (χ1v) is 6.95. The number of ketones is 1. The Morgan fingerprint density at radius 2 is 2.14 bits per heavy atom. The van der Waals surface area contributed by atoms with Gasteiger partial charge in [0.15, 0.2) is 0 Å². The molecule has 2 fully saturated rings. The van der Waals surface area contributed by atoms with Gasteiger partial charge in [0, 0.05) is 18.3 Å². The molecule has 0 aliphatic carbocycles. The molecule has 2 rings (SSSR count). The van der Waals surface area contributed by atoms with Crippen molar-refractivity contribution >= 4 is 23.9 Å². The number of carbonyl (C=O) groups is 3. The Morgan fingerprint density at radius 3 is 2.82 bits per heavy atom. The molecule has 2 aliphatic rings. The van der Waals surface area contributed by atoms with Crippen molar-refractivity contribution in [3.05, 3.63) is 5.53 Å². The molecule has 9 nitrogen and oxygen atoms in total. The number of carbonyl (C=O) groups excluding carboxylic acids is 2. The van der Waals surface area contributed by atoms with E-state index in [0.29, 0.717) is 26.0 Å². The maximum absolute atomic E-state index is 12.2. The van der Waals surface area contributed by atoms with Crippen molar-refractivity contribution in [2.24, 2.45) is 11.8 Å². The second kappa shape index (κ2) is 7.26. The minimum absolute atomic E-state index is 0.0578. The topological polar surface area (TPSA) is 138 Å². The Hall–Kier alpha value is -2.09. The van der Waals surface area contributed by atoms with E-state index in [9.17, 15) is 14.4 Å². The van der Waals surface area contributed by atoms with E-state index < -0.39 is 29.8 Å². The molecule has 2 heterocycles. The minimum atomic E-state index is -1.24. The average Bonchev–Trinajstić information content (AvgIpc) is 3.05. The maximum Gasteiger partial charge on any atom is 0.326 e. The van der Waals surface area contributed by atoms with Crippen LogP contribution >= 0.6 is 0 Å². The van der Waals surface area contributed by atoms with Gasteiger partial charge in [0.25, 0.3) is 0 Å². The van der Waals surface area contributed by atoms with Crippen LogP contribution in [0.15, 0.2) is 0 Å². The Morgan fingerprint density at radius 1 is 1.36 bits per heavy atom. The Kier molecular flexibility index (Phi) is 5.37. The van der Waals surface area contributed by atoms with Gasteiger partial charge in [-0.3, -0.25) is 9.59 Å². The summed E-state index contributed by atoms with van der Waals surface area (Å²) in [5, 5.41) is 11.5. The van der Waals surface area contributed by atoms with E-state index in [1.165, 1.54) is 0 Å². The maximum atomic E-state index is 12.2. The summed E-state index contributed by atoms with van der Waals surface area (Å²) in [7, 11) is 0. The van der Waals surface area contributed by atoms with Crippen LogP contribution in [0, 0.1) is 11.8 Å². The number of nitrogens with one attached hydrogen (secondary N) is 1. The Balaban J connectivity index is 1.90. The van der Waals surface area contributed by atoms with Crippen molar-refractivity contribution in [2.75, 3.05) is 19.8 Å². The standard InChI is InChI=1S/C13H17N3O6/c14-15-3-8(17)1-2-10(13(19)20)16-12(18)11-9-6-21-4-7(9)5-22-11/h3,7,9-11H,1-2,4-6H2,(H,16,18)(H,19,20)/t7?,9?,10?,11-/m0/s1. The lowest BCUT2D eigenvalue weighted by Gasteiger charge is -2.19. The first kappa shape index (κ1) is 16.3. The summed E-state index contributed by atoms with van der Waals surface area (Å²) in [4.78, 5) is 37.1. The predicted octanol–water partition coefficient (Wildman–Crippen LogP) is -1.13. The molecule has 22 heavy (non-hydrogen) atoms. The lowest BCUT2D eigenvalue weighted by Crippen LogP contribution is -2.47. The first-order valence-electron chi connectivity index (χ1n) is 6.95. The number of aliphatic carboxylic acids is 1. The molecule has 0 spiro atoms. The minimum Gasteiger partial charge on any atom is -0.480 e. The molecule has 0 saturated carbocycles. The van der Waals surface area contributed by atoms with Crippen molar-refractivity contribution in [1.82, 2.24) is 5.32 Å². The molecular weight excluding hydrogens is 294 g/mol. The van der Waals surface area contributed by atoms with Crippen LogP contribution in [0.1, 0.15) is 12.8 Å². The zero-order chi connectivity index (χ0) is 16.1. The molecule has 9 heteroatoms. The third-order valence-electron chi connectivity index (χ3n) is 3.88. The summed E-state index contributed by atoms with van der Waals surface area (Å²) in [5.41, 5.74) is 8.22. The molecule has 0 aromatic carbocycles. The molecule has 2 aliphatic heterocycles. The fourth-order valence-corrected chi connectivity index (χ4v) is 2.67. The van der Waals surface area contributed by atoms with Crippen LogP contribution in [0.2, 0.25) is 0 Å². The summed E-state index contributed by atoms with van der Waals surface area (Å²) in [6, 6.07) is -1.20. The molecule has 120 valence electrons. The van der Waals surface area contributed by atoms with Crippen LogP contribution in [-0.4, -0.2) is 65.7 Å². The van der Waals surface area contributed by atoms with Crippen LogP contribution in [0.5, 0.6) is 0 Å². The summed E-state index contributed by atoms with van der Waals surface area (Å²) < 4.78 is 10.7. The van der Waals surface area contributed by atoms with Crippen molar-refractivity contribution in [2.45, 2.75) is 25.0 Å². The number of fused-ring (bicyclic) bond motifs is 1. The Labute approximate surface area is 126 Å². The fourth-order valence-electron chi connectivity index (χ4n) is 2.67. The van der Waals surface area contributed by atoms with Gasteiger partial charge in [-0.1, -0.05) is 0 Å². The van der Waals surface area contributed by atoms with Gasteiger partial charge >= 0.3 is 12.2 Å². The van der Waals surface area contributed by atoms with E-state index >= 15 is 0 Å². The van der Waals surface area contributed by atoms with E-state index in [-0.39, 0.29) is 24.7 Å². The quantitative estimate of drug-likeness (QED) is 0.346. The average molecular weight is 311 g/mol. The van der Waals surface area contributed by atoms with E-state index in [4.69, 9.17) is 20.1 Å². The SMILES string of the molecule is [N-]=[N+]=CC(=O)CCC(NC(=O)[C@H]1OCC2COCC21)C(=O)O. The molecule has 0 aromatic heterocycles. The third kappa shape index (κ3) is 3.76. The number of carboxylic acid groups (broad SMARTS) is 1. The van der Waals surface area contributed by atoms with Crippen LogP contribution in [-0.2, 0) is 23.9 Å². The van der Waals surface area contributed by atoms with E-state index in [1.807, 2.05) is 0 Å². The highest BCUT2D eigenvalue weighted by molar-refractivity contribution is 6.25. The number of rotatable bonds is 7. The highest BCUT2D eigenvalue weighted by Gasteiger charge is 2.45. The van der Waals surface area contributed by atoms with Gasteiger partial charge in [-0.25, -0.2) is 4.79 Å². The zero-order valence-electron chi connectivity index (χ0n) is 11.8. The molecule has 1 amide bonds. The zero-order valence-corrected chi connectivity index (χ0v) is 11.8. The van der Waals surface area contributed by atoms with Gasteiger partial charge in [-0.2, -0.15) is 4.79 Å². The lowest BCUT2D eigenvalue weighted by molar-refractivity contribution is -0.144. The highest BCUT2D eigenvalue weighted by atomic mass is 16.5.